The van der Waals surface area contributed by atoms with Crippen LogP contribution in [0.1, 0.15) is 19.3 Å². The maximum atomic E-state index is 13.9. The summed E-state index contributed by atoms with van der Waals surface area (Å²) < 4.78 is 24.2. The molecule has 8 heteroatoms. The summed E-state index contributed by atoms with van der Waals surface area (Å²) in [7, 11) is 3.43. The van der Waals surface area contributed by atoms with E-state index in [1.165, 1.54) is 6.07 Å². The molecule has 26 heavy (non-hydrogen) atoms. The third kappa shape index (κ3) is 6.76. The lowest BCUT2D eigenvalue weighted by molar-refractivity contribution is 0.0689. The normalized spacial score (nSPS) is 17.6. The molecule has 0 saturated carbocycles. The van der Waals surface area contributed by atoms with Crippen LogP contribution in [0, 0.1) is 5.82 Å². The maximum absolute atomic E-state index is 13.9. The topological polar surface area (TPSA) is 71.0 Å². The standard InChI is InChI=1S/C18H30FN5O2/c1-20-18(22-8-3-4-11-26-13-12-25-2)23-15-7-10-24(14-15)17-16(19)6-5-9-21-17/h5-6,9,15H,3-4,7-8,10-14H2,1-2H3,(H2,20,22,23). The number of hydrogen-bond acceptors (Lipinski definition) is 5. The van der Waals surface area contributed by atoms with Gasteiger partial charge in [-0.15, -0.1) is 0 Å². The molecule has 1 atom stereocenters. The number of aromatic nitrogens is 1. The molecule has 0 radical (unpaired) electrons. The number of halogens is 1. The first-order chi connectivity index (χ1) is 12.7. The molecule has 1 saturated heterocycles. The van der Waals surface area contributed by atoms with E-state index in [2.05, 4.69) is 20.6 Å². The zero-order valence-corrected chi connectivity index (χ0v) is 15.7. The summed E-state index contributed by atoms with van der Waals surface area (Å²) >= 11 is 0. The minimum absolute atomic E-state index is 0.222. The van der Waals surface area contributed by atoms with Crippen molar-refractivity contribution in [1.29, 1.82) is 0 Å². The molecule has 2 rings (SSSR count). The molecule has 1 unspecified atom stereocenters. The SMILES string of the molecule is CN=C(NCCCCOCCOC)NC1CCN(c2ncccc2F)C1. The minimum atomic E-state index is -0.275. The molecule has 1 aromatic heterocycles. The van der Waals surface area contributed by atoms with Crippen molar-refractivity contribution in [3.63, 3.8) is 0 Å². The Balaban J connectivity index is 1.63. The Bertz CT molecular complexity index is 558. The second-order valence-corrected chi connectivity index (χ2v) is 6.20. The number of hydrogen-bond donors (Lipinski definition) is 2. The molecule has 0 spiro atoms. The van der Waals surface area contributed by atoms with Gasteiger partial charge in [-0.1, -0.05) is 0 Å². The molecule has 1 fully saturated rings. The smallest absolute Gasteiger partial charge is 0.191 e. The average Bonchev–Trinajstić information content (AvgIpc) is 3.11. The van der Waals surface area contributed by atoms with Crippen LogP contribution >= 0.6 is 0 Å². The molecule has 0 aromatic carbocycles. The summed E-state index contributed by atoms with van der Waals surface area (Å²) in [5.41, 5.74) is 0. The van der Waals surface area contributed by atoms with Crippen molar-refractivity contribution in [2.24, 2.45) is 4.99 Å². The van der Waals surface area contributed by atoms with Gasteiger partial charge in [-0.2, -0.15) is 0 Å². The number of ether oxygens (including phenoxy) is 2. The number of nitrogens with zero attached hydrogens (tertiary/aromatic N) is 3. The lowest BCUT2D eigenvalue weighted by Crippen LogP contribution is -2.45. The molecule has 0 amide bonds. The quantitative estimate of drug-likeness (QED) is 0.370. The molecular formula is C18H30FN5O2. The van der Waals surface area contributed by atoms with Gasteiger partial charge in [0, 0.05) is 52.6 Å². The fourth-order valence-corrected chi connectivity index (χ4v) is 2.85. The van der Waals surface area contributed by atoms with E-state index in [4.69, 9.17) is 9.47 Å². The lowest BCUT2D eigenvalue weighted by atomic mass is 10.3. The second-order valence-electron chi connectivity index (χ2n) is 6.20. The molecule has 2 N–H and O–H groups in total. The fraction of sp³-hybridized carbons (Fsp3) is 0.667. The number of rotatable bonds is 10. The number of methoxy groups -OCH3 is 1. The number of nitrogens with one attached hydrogen (secondary N) is 2. The Morgan fingerprint density at radius 2 is 2.27 bits per heavy atom. The highest BCUT2D eigenvalue weighted by molar-refractivity contribution is 5.80. The number of unbranched alkanes of at least 4 members (excludes halogenated alkanes) is 1. The molecule has 0 bridgehead atoms. The van der Waals surface area contributed by atoms with E-state index in [-0.39, 0.29) is 11.9 Å². The monoisotopic (exact) mass is 367 g/mol. The van der Waals surface area contributed by atoms with Crippen LogP contribution in [0.15, 0.2) is 23.3 Å². The van der Waals surface area contributed by atoms with Gasteiger partial charge in [0.1, 0.15) is 0 Å². The van der Waals surface area contributed by atoms with Gasteiger partial charge < -0.3 is 25.0 Å². The van der Waals surface area contributed by atoms with E-state index >= 15 is 0 Å². The van der Waals surface area contributed by atoms with E-state index in [9.17, 15) is 4.39 Å². The van der Waals surface area contributed by atoms with Gasteiger partial charge in [0.25, 0.3) is 0 Å². The Kier molecular flexibility index (Phi) is 9.13. The molecule has 0 aliphatic carbocycles. The Labute approximate surface area is 155 Å². The van der Waals surface area contributed by atoms with Gasteiger partial charge in [0.15, 0.2) is 17.6 Å². The fourth-order valence-electron chi connectivity index (χ4n) is 2.85. The van der Waals surface area contributed by atoms with Crippen molar-refractivity contribution < 1.29 is 13.9 Å². The molecule has 146 valence electrons. The first-order valence-electron chi connectivity index (χ1n) is 9.14. The van der Waals surface area contributed by atoms with Crippen LogP contribution in [-0.2, 0) is 9.47 Å². The molecular weight excluding hydrogens is 337 g/mol. The second kappa shape index (κ2) is 11.6. The molecule has 2 heterocycles. The summed E-state index contributed by atoms with van der Waals surface area (Å²) in [6.07, 6.45) is 4.54. The summed E-state index contributed by atoms with van der Waals surface area (Å²) in [5, 5.41) is 6.72. The summed E-state index contributed by atoms with van der Waals surface area (Å²) in [6, 6.07) is 3.28. The van der Waals surface area contributed by atoms with Crippen LogP contribution in [-0.4, -0.2) is 70.6 Å². The Morgan fingerprint density at radius 1 is 1.38 bits per heavy atom. The maximum Gasteiger partial charge on any atom is 0.191 e. The van der Waals surface area contributed by atoms with Crippen molar-refractivity contribution >= 4 is 11.8 Å². The number of pyridine rings is 1. The van der Waals surface area contributed by atoms with Gasteiger partial charge in [0.05, 0.1) is 13.2 Å². The van der Waals surface area contributed by atoms with Gasteiger partial charge >= 0.3 is 0 Å². The van der Waals surface area contributed by atoms with Crippen molar-refractivity contribution in [1.82, 2.24) is 15.6 Å². The predicted octanol–water partition coefficient (Wildman–Crippen LogP) is 1.41. The number of anilines is 1. The molecule has 7 nitrogen and oxygen atoms in total. The number of guanidine groups is 1. The zero-order chi connectivity index (χ0) is 18.6. The highest BCUT2D eigenvalue weighted by Gasteiger charge is 2.25. The predicted molar refractivity (Wildman–Crippen MR) is 101 cm³/mol. The summed E-state index contributed by atoms with van der Waals surface area (Å²) in [6.45, 7) is 4.34. The number of aliphatic imine (C=N–C) groups is 1. The van der Waals surface area contributed by atoms with Crippen LogP contribution in [0.5, 0.6) is 0 Å². The van der Waals surface area contributed by atoms with Gasteiger partial charge in [-0.3, -0.25) is 4.99 Å². The van der Waals surface area contributed by atoms with Crippen molar-refractivity contribution in [3.8, 4) is 0 Å². The molecule has 1 aromatic rings. The van der Waals surface area contributed by atoms with Crippen LogP contribution in [0.4, 0.5) is 10.2 Å². The van der Waals surface area contributed by atoms with Gasteiger partial charge in [-0.05, 0) is 31.4 Å². The summed E-state index contributed by atoms with van der Waals surface area (Å²) in [4.78, 5) is 10.4. The van der Waals surface area contributed by atoms with E-state index in [1.807, 2.05) is 4.90 Å². The molecule has 1 aliphatic rings. The van der Waals surface area contributed by atoms with Crippen molar-refractivity contribution in [2.45, 2.75) is 25.3 Å². The van der Waals surface area contributed by atoms with E-state index in [0.29, 0.717) is 25.6 Å². The van der Waals surface area contributed by atoms with Crippen molar-refractivity contribution in [2.75, 3.05) is 58.5 Å². The van der Waals surface area contributed by atoms with Crippen LogP contribution < -0.4 is 15.5 Å². The summed E-state index contributed by atoms with van der Waals surface area (Å²) in [5.74, 6) is 0.926. The average molecular weight is 367 g/mol. The first-order valence-corrected chi connectivity index (χ1v) is 9.14. The van der Waals surface area contributed by atoms with E-state index in [1.54, 1.807) is 26.4 Å². The Hall–Kier alpha value is -1.93. The Morgan fingerprint density at radius 3 is 3.04 bits per heavy atom. The van der Waals surface area contributed by atoms with E-state index in [0.717, 1.165) is 44.9 Å². The largest absolute Gasteiger partial charge is 0.382 e. The third-order valence-corrected chi connectivity index (χ3v) is 4.23. The first kappa shape index (κ1) is 20.4. The van der Waals surface area contributed by atoms with Crippen molar-refractivity contribution in [3.05, 3.63) is 24.1 Å². The van der Waals surface area contributed by atoms with E-state index < -0.39 is 0 Å². The molecule has 1 aliphatic heterocycles. The zero-order valence-electron chi connectivity index (χ0n) is 15.7. The van der Waals surface area contributed by atoms with Crippen LogP contribution in [0.3, 0.4) is 0 Å². The highest BCUT2D eigenvalue weighted by atomic mass is 19.1. The third-order valence-electron chi connectivity index (χ3n) is 4.23. The van der Waals surface area contributed by atoms with Crippen LogP contribution in [0.2, 0.25) is 0 Å². The van der Waals surface area contributed by atoms with Gasteiger partial charge in [0.2, 0.25) is 0 Å². The van der Waals surface area contributed by atoms with Crippen LogP contribution in [0.25, 0.3) is 0 Å². The highest BCUT2D eigenvalue weighted by Crippen LogP contribution is 2.20. The lowest BCUT2D eigenvalue weighted by Gasteiger charge is -2.20. The minimum Gasteiger partial charge on any atom is -0.382 e. The van der Waals surface area contributed by atoms with Gasteiger partial charge in [-0.25, -0.2) is 9.37 Å².